The number of primary amides is 1. The molecule has 6 nitrogen and oxygen atoms in total. The van der Waals surface area contributed by atoms with E-state index in [-0.39, 0.29) is 11.5 Å². The molecule has 0 bridgehead atoms. The van der Waals surface area contributed by atoms with Gasteiger partial charge < -0.3 is 21.7 Å². The molecule has 1 aromatic rings. The van der Waals surface area contributed by atoms with Crippen molar-refractivity contribution in [1.29, 1.82) is 5.41 Å². The summed E-state index contributed by atoms with van der Waals surface area (Å²) < 4.78 is 0. The molecule has 104 valence electrons. The maximum Gasteiger partial charge on any atom is 0.315 e. The Hall–Kier alpha value is -2.24. The lowest BCUT2D eigenvalue weighted by Crippen LogP contribution is -2.47. The van der Waals surface area contributed by atoms with E-state index in [1.165, 1.54) is 0 Å². The predicted molar refractivity (Wildman–Crippen MR) is 76.9 cm³/mol. The highest BCUT2D eigenvalue weighted by atomic mass is 16.2. The summed E-state index contributed by atoms with van der Waals surface area (Å²) in [6, 6.07) is 6.90. The van der Waals surface area contributed by atoms with Crippen LogP contribution < -0.4 is 16.8 Å². The molecule has 1 aromatic carbocycles. The van der Waals surface area contributed by atoms with Gasteiger partial charge >= 0.3 is 6.03 Å². The first-order valence-corrected chi connectivity index (χ1v) is 5.97. The van der Waals surface area contributed by atoms with E-state index in [0.29, 0.717) is 6.54 Å². The van der Waals surface area contributed by atoms with Crippen LogP contribution in [0.3, 0.4) is 0 Å². The summed E-state index contributed by atoms with van der Waals surface area (Å²) in [5.41, 5.74) is 12.0. The number of hydrogen-bond acceptors (Lipinski definition) is 2. The average Bonchev–Trinajstić information content (AvgIpc) is 2.25. The van der Waals surface area contributed by atoms with Crippen LogP contribution in [-0.4, -0.2) is 22.4 Å². The molecule has 0 aliphatic rings. The fraction of sp³-hybridized carbons (Fsp3) is 0.385. The maximum absolute atomic E-state index is 11.5. The molecular weight excluding hydrogens is 242 g/mol. The minimum Gasteiger partial charge on any atom is -0.370 e. The quantitative estimate of drug-likeness (QED) is 0.492. The number of guanidine groups is 1. The van der Waals surface area contributed by atoms with Crippen LogP contribution in [0.25, 0.3) is 0 Å². The summed E-state index contributed by atoms with van der Waals surface area (Å²) in [6.45, 7) is 6.25. The van der Waals surface area contributed by atoms with Gasteiger partial charge in [0.15, 0.2) is 5.96 Å². The van der Waals surface area contributed by atoms with Crippen LogP contribution in [0.2, 0.25) is 0 Å². The minimum absolute atomic E-state index is 0.110. The van der Waals surface area contributed by atoms with Crippen molar-refractivity contribution in [2.75, 3.05) is 5.32 Å². The number of nitrogens with zero attached hydrogens (tertiary/aromatic N) is 1. The van der Waals surface area contributed by atoms with Crippen molar-refractivity contribution < 1.29 is 4.79 Å². The van der Waals surface area contributed by atoms with E-state index in [4.69, 9.17) is 16.9 Å². The number of amides is 2. The zero-order valence-electron chi connectivity index (χ0n) is 11.5. The molecule has 0 aliphatic heterocycles. The van der Waals surface area contributed by atoms with Gasteiger partial charge in [-0.2, -0.15) is 0 Å². The predicted octanol–water partition coefficient (Wildman–Crippen LogP) is 1.67. The molecule has 0 aliphatic carbocycles. The smallest absolute Gasteiger partial charge is 0.315 e. The summed E-state index contributed by atoms with van der Waals surface area (Å²) in [4.78, 5) is 13.1. The monoisotopic (exact) mass is 263 g/mol. The highest BCUT2D eigenvalue weighted by Crippen LogP contribution is 2.18. The summed E-state index contributed by atoms with van der Waals surface area (Å²) in [7, 11) is 0. The number of benzene rings is 1. The van der Waals surface area contributed by atoms with Gasteiger partial charge in [0, 0.05) is 17.8 Å². The van der Waals surface area contributed by atoms with Crippen molar-refractivity contribution in [3.05, 3.63) is 29.8 Å². The summed E-state index contributed by atoms with van der Waals surface area (Å²) >= 11 is 0. The van der Waals surface area contributed by atoms with E-state index in [0.717, 1.165) is 11.3 Å². The topological polar surface area (TPSA) is 108 Å². The third kappa shape index (κ3) is 4.50. The van der Waals surface area contributed by atoms with E-state index in [1.54, 1.807) is 17.0 Å². The van der Waals surface area contributed by atoms with Gasteiger partial charge in [0.05, 0.1) is 0 Å². The zero-order valence-corrected chi connectivity index (χ0v) is 11.5. The van der Waals surface area contributed by atoms with Crippen LogP contribution in [-0.2, 0) is 6.54 Å². The van der Waals surface area contributed by atoms with Gasteiger partial charge in [-0.3, -0.25) is 5.41 Å². The Labute approximate surface area is 113 Å². The number of nitrogens with two attached hydrogens (primary N) is 2. The fourth-order valence-corrected chi connectivity index (χ4v) is 1.68. The number of urea groups is 1. The third-order valence-electron chi connectivity index (χ3n) is 2.65. The van der Waals surface area contributed by atoms with Crippen LogP contribution in [0.4, 0.5) is 10.5 Å². The number of hydrogen-bond donors (Lipinski definition) is 4. The van der Waals surface area contributed by atoms with E-state index in [9.17, 15) is 4.79 Å². The average molecular weight is 263 g/mol. The molecule has 2 amide bonds. The first-order chi connectivity index (χ1) is 8.70. The molecule has 0 saturated heterocycles. The van der Waals surface area contributed by atoms with Gasteiger partial charge in [0.25, 0.3) is 0 Å². The molecule has 0 spiro atoms. The molecule has 6 N–H and O–H groups in total. The standard InChI is InChI=1S/C13H21N5O/c1-13(2,3)18(12(16)19)8-9-4-6-10(7-5-9)17-11(14)15/h4-7H,8H2,1-3H3,(H2,16,19)(H4,14,15,17). The molecular formula is C13H21N5O. The van der Waals surface area contributed by atoms with E-state index in [2.05, 4.69) is 5.32 Å². The second kappa shape index (κ2) is 5.60. The number of rotatable bonds is 3. The molecule has 0 unspecified atom stereocenters. The minimum atomic E-state index is -0.446. The lowest BCUT2D eigenvalue weighted by Gasteiger charge is -2.34. The normalized spacial score (nSPS) is 10.9. The van der Waals surface area contributed by atoms with Gasteiger partial charge in [-0.25, -0.2) is 4.79 Å². The molecule has 0 heterocycles. The Balaban J connectivity index is 2.81. The number of nitrogens with one attached hydrogen (secondary N) is 2. The van der Waals surface area contributed by atoms with Crippen molar-refractivity contribution in [2.45, 2.75) is 32.9 Å². The molecule has 0 radical (unpaired) electrons. The van der Waals surface area contributed by atoms with Crippen molar-refractivity contribution in [3.63, 3.8) is 0 Å². The van der Waals surface area contributed by atoms with Crippen molar-refractivity contribution in [1.82, 2.24) is 4.90 Å². The Morgan fingerprint density at radius 2 is 1.79 bits per heavy atom. The van der Waals surface area contributed by atoms with Crippen LogP contribution in [0, 0.1) is 5.41 Å². The highest BCUT2D eigenvalue weighted by Gasteiger charge is 2.24. The van der Waals surface area contributed by atoms with E-state index >= 15 is 0 Å². The second-order valence-electron chi connectivity index (χ2n) is 5.33. The number of anilines is 1. The Kier molecular flexibility index (Phi) is 4.37. The van der Waals surface area contributed by atoms with Gasteiger partial charge in [0.2, 0.25) is 0 Å². The molecule has 0 saturated carbocycles. The first-order valence-electron chi connectivity index (χ1n) is 5.97. The lowest BCUT2D eigenvalue weighted by molar-refractivity contribution is 0.148. The van der Waals surface area contributed by atoms with Crippen LogP contribution in [0.5, 0.6) is 0 Å². The summed E-state index contributed by atoms with van der Waals surface area (Å²) in [6.07, 6.45) is 0. The largest absolute Gasteiger partial charge is 0.370 e. The van der Waals surface area contributed by atoms with Gasteiger partial charge in [-0.15, -0.1) is 0 Å². The van der Waals surface area contributed by atoms with Crippen molar-refractivity contribution in [2.24, 2.45) is 11.5 Å². The van der Waals surface area contributed by atoms with E-state index < -0.39 is 6.03 Å². The molecule has 19 heavy (non-hydrogen) atoms. The molecule has 0 fully saturated rings. The SMILES string of the molecule is CC(C)(C)N(Cc1ccc(NC(=N)N)cc1)C(N)=O. The van der Waals surface area contributed by atoms with Crippen LogP contribution in [0.1, 0.15) is 26.3 Å². The first kappa shape index (κ1) is 14.8. The lowest BCUT2D eigenvalue weighted by atomic mass is 10.0. The van der Waals surface area contributed by atoms with E-state index in [1.807, 2.05) is 32.9 Å². The number of carbonyl (C=O) groups is 1. The van der Waals surface area contributed by atoms with Crippen molar-refractivity contribution in [3.8, 4) is 0 Å². The Morgan fingerprint density at radius 1 is 1.26 bits per heavy atom. The Morgan fingerprint density at radius 3 is 2.16 bits per heavy atom. The van der Waals surface area contributed by atoms with Gasteiger partial charge in [-0.05, 0) is 38.5 Å². The third-order valence-corrected chi connectivity index (χ3v) is 2.65. The second-order valence-corrected chi connectivity index (χ2v) is 5.33. The van der Waals surface area contributed by atoms with Gasteiger partial charge in [-0.1, -0.05) is 12.1 Å². The van der Waals surface area contributed by atoms with Crippen molar-refractivity contribution >= 4 is 17.7 Å². The maximum atomic E-state index is 11.5. The molecule has 0 aromatic heterocycles. The van der Waals surface area contributed by atoms with Gasteiger partial charge in [0.1, 0.15) is 0 Å². The zero-order chi connectivity index (χ0) is 14.6. The number of carbonyl (C=O) groups excluding carboxylic acids is 1. The molecule has 0 atom stereocenters. The summed E-state index contributed by atoms with van der Waals surface area (Å²) in [5.74, 6) is -0.110. The molecule has 6 heteroatoms. The molecule has 1 rings (SSSR count). The Bertz CT molecular complexity index is 461. The summed E-state index contributed by atoms with van der Waals surface area (Å²) in [5, 5.41) is 9.83. The highest BCUT2D eigenvalue weighted by molar-refractivity contribution is 5.89. The van der Waals surface area contributed by atoms with Crippen LogP contribution >= 0.6 is 0 Å². The van der Waals surface area contributed by atoms with Crippen LogP contribution in [0.15, 0.2) is 24.3 Å². The fourth-order valence-electron chi connectivity index (χ4n) is 1.68.